The molecule has 7 nitrogen and oxygen atoms in total. The summed E-state index contributed by atoms with van der Waals surface area (Å²) in [6.07, 6.45) is 1.89. The molecular weight excluding hydrogens is 444 g/mol. The third-order valence-electron chi connectivity index (χ3n) is 5.72. The fourth-order valence-electron chi connectivity index (χ4n) is 3.91. The smallest absolute Gasteiger partial charge is 0.410 e. The Hall–Kier alpha value is -3.87. The number of rotatable bonds is 6. The fraction of sp³-hybridized carbons (Fsp3) is 0.321. The predicted molar refractivity (Wildman–Crippen MR) is 133 cm³/mol. The standard InChI is InChI=1S/C28H30N2O5/c1-28(2,3)35-27(33)30-13-11-21-15-22(9-10-23(21)17-30)25(31)18-29-14-12-24(16-26(29)32)34-19-20-7-5-4-6-8-20/h4-10,12,14-16H,11,13,17-19H2,1-3H3. The second-order valence-electron chi connectivity index (χ2n) is 9.66. The number of hydrogen-bond acceptors (Lipinski definition) is 5. The predicted octanol–water partition coefficient (Wildman–Crippen LogP) is 4.60. The van der Waals surface area contributed by atoms with E-state index < -0.39 is 5.60 Å². The van der Waals surface area contributed by atoms with Crippen LogP contribution in [0.5, 0.6) is 5.75 Å². The van der Waals surface area contributed by atoms with Crippen LogP contribution < -0.4 is 10.3 Å². The third kappa shape index (κ3) is 6.38. The Balaban J connectivity index is 1.38. The van der Waals surface area contributed by atoms with E-state index in [4.69, 9.17) is 9.47 Å². The van der Waals surface area contributed by atoms with Crippen molar-refractivity contribution in [3.05, 3.63) is 99.5 Å². The van der Waals surface area contributed by atoms with Gasteiger partial charge < -0.3 is 18.9 Å². The number of pyridine rings is 1. The van der Waals surface area contributed by atoms with Gasteiger partial charge in [0.1, 0.15) is 18.0 Å². The Kier molecular flexibility index (Phi) is 7.05. The maximum Gasteiger partial charge on any atom is 0.410 e. The van der Waals surface area contributed by atoms with Crippen molar-refractivity contribution in [2.75, 3.05) is 6.54 Å². The molecule has 0 N–H and O–H groups in total. The maximum atomic E-state index is 12.9. The van der Waals surface area contributed by atoms with Gasteiger partial charge in [-0.1, -0.05) is 42.5 Å². The molecule has 182 valence electrons. The molecular formula is C28H30N2O5. The highest BCUT2D eigenvalue weighted by Gasteiger charge is 2.26. The maximum absolute atomic E-state index is 12.9. The zero-order valence-electron chi connectivity index (χ0n) is 20.3. The molecule has 7 heteroatoms. The average molecular weight is 475 g/mol. The lowest BCUT2D eigenvalue weighted by molar-refractivity contribution is 0.0223. The summed E-state index contributed by atoms with van der Waals surface area (Å²) < 4.78 is 12.5. The summed E-state index contributed by atoms with van der Waals surface area (Å²) in [5.74, 6) is 0.313. The molecule has 0 spiro atoms. The van der Waals surface area contributed by atoms with Gasteiger partial charge in [0.15, 0.2) is 5.78 Å². The van der Waals surface area contributed by atoms with E-state index in [2.05, 4.69) is 0 Å². The zero-order valence-corrected chi connectivity index (χ0v) is 20.3. The second kappa shape index (κ2) is 10.2. The van der Waals surface area contributed by atoms with Crippen molar-refractivity contribution in [1.82, 2.24) is 9.47 Å². The molecule has 0 saturated carbocycles. The molecule has 4 rings (SSSR count). The van der Waals surface area contributed by atoms with Crippen LogP contribution in [-0.4, -0.2) is 33.5 Å². The lowest BCUT2D eigenvalue weighted by Crippen LogP contribution is -2.39. The van der Waals surface area contributed by atoms with E-state index in [1.54, 1.807) is 23.2 Å². The van der Waals surface area contributed by atoms with Gasteiger partial charge in [-0.25, -0.2) is 4.79 Å². The first-order valence-corrected chi connectivity index (χ1v) is 11.7. The van der Waals surface area contributed by atoms with Crippen molar-refractivity contribution in [3.8, 4) is 5.75 Å². The van der Waals surface area contributed by atoms with Gasteiger partial charge in [0.2, 0.25) is 0 Å². The van der Waals surface area contributed by atoms with Crippen LogP contribution in [0.25, 0.3) is 0 Å². The van der Waals surface area contributed by atoms with Crippen molar-refractivity contribution >= 4 is 11.9 Å². The quantitative estimate of drug-likeness (QED) is 0.488. The number of fused-ring (bicyclic) bond motifs is 1. The van der Waals surface area contributed by atoms with Gasteiger partial charge in [0, 0.05) is 30.9 Å². The largest absolute Gasteiger partial charge is 0.489 e. The van der Waals surface area contributed by atoms with Crippen LogP contribution in [0.1, 0.15) is 47.8 Å². The number of carbonyl (C=O) groups is 2. The van der Waals surface area contributed by atoms with Gasteiger partial charge in [-0.05, 0) is 56.0 Å². The van der Waals surface area contributed by atoms with Crippen LogP contribution in [0, 0.1) is 0 Å². The molecule has 0 bridgehead atoms. The van der Waals surface area contributed by atoms with E-state index in [1.165, 1.54) is 10.6 Å². The summed E-state index contributed by atoms with van der Waals surface area (Å²) in [6.45, 7) is 6.82. The normalized spacial score (nSPS) is 13.2. The molecule has 1 aliphatic rings. The molecule has 1 amide bonds. The number of ether oxygens (including phenoxy) is 2. The Labute approximate surface area is 204 Å². The molecule has 0 fully saturated rings. The summed E-state index contributed by atoms with van der Waals surface area (Å²) in [5, 5.41) is 0. The average Bonchev–Trinajstić information content (AvgIpc) is 2.83. The van der Waals surface area contributed by atoms with E-state index in [0.29, 0.717) is 37.4 Å². The van der Waals surface area contributed by atoms with Gasteiger partial charge in [-0.2, -0.15) is 0 Å². The lowest BCUT2D eigenvalue weighted by Gasteiger charge is -2.31. The van der Waals surface area contributed by atoms with E-state index in [0.717, 1.165) is 16.7 Å². The zero-order chi connectivity index (χ0) is 25.0. The molecule has 0 saturated heterocycles. The Morgan fingerprint density at radius 3 is 2.46 bits per heavy atom. The number of aromatic nitrogens is 1. The van der Waals surface area contributed by atoms with Crippen molar-refractivity contribution in [2.24, 2.45) is 0 Å². The van der Waals surface area contributed by atoms with Gasteiger partial charge >= 0.3 is 6.09 Å². The summed E-state index contributed by atoms with van der Waals surface area (Å²) in [5.41, 5.74) is 2.75. The molecule has 2 aromatic carbocycles. The minimum absolute atomic E-state index is 0.0549. The molecule has 2 heterocycles. The topological polar surface area (TPSA) is 77.8 Å². The lowest BCUT2D eigenvalue weighted by atomic mass is 9.96. The van der Waals surface area contributed by atoms with Crippen LogP contribution in [0.15, 0.2) is 71.7 Å². The molecule has 0 unspecified atom stereocenters. The first kappa shape index (κ1) is 24.3. The van der Waals surface area contributed by atoms with Crippen LogP contribution in [0.3, 0.4) is 0 Å². The second-order valence-corrected chi connectivity index (χ2v) is 9.66. The van der Waals surface area contributed by atoms with Crippen molar-refractivity contribution in [2.45, 2.75) is 52.5 Å². The summed E-state index contributed by atoms with van der Waals surface area (Å²) in [7, 11) is 0. The molecule has 35 heavy (non-hydrogen) atoms. The van der Waals surface area contributed by atoms with Crippen molar-refractivity contribution < 1.29 is 19.1 Å². The van der Waals surface area contributed by atoms with Crippen LogP contribution >= 0.6 is 0 Å². The van der Waals surface area contributed by atoms with Crippen LogP contribution in [0.2, 0.25) is 0 Å². The van der Waals surface area contributed by atoms with E-state index in [-0.39, 0.29) is 24.0 Å². The highest BCUT2D eigenvalue weighted by Crippen LogP contribution is 2.23. The SMILES string of the molecule is CC(C)(C)OC(=O)N1CCc2cc(C(=O)Cn3ccc(OCc4ccccc4)cc3=O)ccc2C1. The van der Waals surface area contributed by atoms with Crippen molar-refractivity contribution in [3.63, 3.8) is 0 Å². The third-order valence-corrected chi connectivity index (χ3v) is 5.72. The van der Waals surface area contributed by atoms with Gasteiger partial charge in [0.25, 0.3) is 5.56 Å². The number of nitrogens with zero attached hydrogens (tertiary/aromatic N) is 2. The molecule has 0 atom stereocenters. The first-order chi connectivity index (χ1) is 16.7. The summed E-state index contributed by atoms with van der Waals surface area (Å²) in [4.78, 5) is 39.5. The molecule has 1 aromatic heterocycles. The van der Waals surface area contributed by atoms with E-state index >= 15 is 0 Å². The number of benzene rings is 2. The van der Waals surface area contributed by atoms with Crippen LogP contribution in [-0.2, 0) is 30.9 Å². The van der Waals surface area contributed by atoms with Gasteiger partial charge in [-0.3, -0.25) is 9.59 Å². The van der Waals surface area contributed by atoms with Crippen LogP contribution in [0.4, 0.5) is 4.79 Å². The monoisotopic (exact) mass is 474 g/mol. The molecule has 0 radical (unpaired) electrons. The molecule has 3 aromatic rings. The Morgan fingerprint density at radius 1 is 0.971 bits per heavy atom. The number of ketones is 1. The number of Topliss-reactive ketones (excluding diaryl/α,β-unsaturated/α-hetero) is 1. The Bertz CT molecular complexity index is 1270. The summed E-state index contributed by atoms with van der Waals surface area (Å²) in [6, 6.07) is 18.3. The minimum atomic E-state index is -0.544. The Morgan fingerprint density at radius 2 is 1.74 bits per heavy atom. The highest BCUT2D eigenvalue weighted by atomic mass is 16.6. The van der Waals surface area contributed by atoms with Gasteiger partial charge in [0.05, 0.1) is 6.54 Å². The molecule has 0 aliphatic carbocycles. The number of amides is 1. The van der Waals surface area contributed by atoms with Gasteiger partial charge in [-0.15, -0.1) is 0 Å². The number of hydrogen-bond donors (Lipinski definition) is 0. The molecule has 1 aliphatic heterocycles. The van der Waals surface area contributed by atoms with Crippen molar-refractivity contribution in [1.29, 1.82) is 0 Å². The summed E-state index contributed by atoms with van der Waals surface area (Å²) >= 11 is 0. The minimum Gasteiger partial charge on any atom is -0.489 e. The highest BCUT2D eigenvalue weighted by molar-refractivity contribution is 5.96. The number of carbonyl (C=O) groups excluding carboxylic acids is 2. The fourth-order valence-corrected chi connectivity index (χ4v) is 3.91. The van der Waals surface area contributed by atoms with E-state index in [9.17, 15) is 14.4 Å². The first-order valence-electron chi connectivity index (χ1n) is 11.7. The van der Waals surface area contributed by atoms with E-state index in [1.807, 2.05) is 63.2 Å².